The van der Waals surface area contributed by atoms with Gasteiger partial charge in [-0.25, -0.2) is 0 Å². The standard InChI is InChI=1S/C13H20N4O/c1-10(9-17-6-2-3-7-17)16-13(18)12-8-11(14)4-5-15-12/h4-5,8,10H,2-3,6-7,9H2,1H3,(H2,14,15)(H,16,18). The number of nitrogen functional groups attached to an aromatic ring is 1. The lowest BCUT2D eigenvalue weighted by atomic mass is 10.2. The van der Waals surface area contributed by atoms with Gasteiger partial charge in [0.1, 0.15) is 5.69 Å². The van der Waals surface area contributed by atoms with Gasteiger partial charge in [0.2, 0.25) is 0 Å². The van der Waals surface area contributed by atoms with E-state index in [9.17, 15) is 4.79 Å². The fraction of sp³-hybridized carbons (Fsp3) is 0.538. The summed E-state index contributed by atoms with van der Waals surface area (Å²) in [7, 11) is 0. The van der Waals surface area contributed by atoms with Crippen molar-refractivity contribution in [3.63, 3.8) is 0 Å². The summed E-state index contributed by atoms with van der Waals surface area (Å²) in [6.45, 7) is 5.18. The van der Waals surface area contributed by atoms with Gasteiger partial charge < -0.3 is 16.0 Å². The van der Waals surface area contributed by atoms with Crippen molar-refractivity contribution in [3.8, 4) is 0 Å². The topological polar surface area (TPSA) is 71.2 Å². The summed E-state index contributed by atoms with van der Waals surface area (Å²) in [5, 5.41) is 2.95. The SMILES string of the molecule is CC(CN1CCCC1)NC(=O)c1cc(N)ccn1. The lowest BCUT2D eigenvalue weighted by molar-refractivity contribution is 0.0927. The van der Waals surface area contributed by atoms with Crippen molar-refractivity contribution in [2.75, 3.05) is 25.4 Å². The van der Waals surface area contributed by atoms with E-state index >= 15 is 0 Å². The first-order valence-corrected chi connectivity index (χ1v) is 6.40. The monoisotopic (exact) mass is 248 g/mol. The Morgan fingerprint density at radius 1 is 1.56 bits per heavy atom. The summed E-state index contributed by atoms with van der Waals surface area (Å²) in [5.41, 5.74) is 6.57. The number of carbonyl (C=O) groups excluding carboxylic acids is 1. The number of anilines is 1. The molecule has 1 saturated heterocycles. The maximum Gasteiger partial charge on any atom is 0.270 e. The summed E-state index contributed by atoms with van der Waals surface area (Å²) < 4.78 is 0. The molecule has 0 saturated carbocycles. The molecule has 0 bridgehead atoms. The third kappa shape index (κ3) is 3.43. The van der Waals surface area contributed by atoms with Crippen LogP contribution in [-0.4, -0.2) is 41.5 Å². The quantitative estimate of drug-likeness (QED) is 0.829. The fourth-order valence-electron chi connectivity index (χ4n) is 2.27. The van der Waals surface area contributed by atoms with Gasteiger partial charge in [-0.2, -0.15) is 0 Å². The summed E-state index contributed by atoms with van der Waals surface area (Å²) in [5.74, 6) is -0.158. The van der Waals surface area contributed by atoms with Gasteiger partial charge >= 0.3 is 0 Å². The van der Waals surface area contributed by atoms with E-state index in [1.807, 2.05) is 6.92 Å². The highest BCUT2D eigenvalue weighted by molar-refractivity contribution is 5.93. The molecular formula is C13H20N4O. The Balaban J connectivity index is 1.86. The molecule has 0 aliphatic carbocycles. The highest BCUT2D eigenvalue weighted by atomic mass is 16.1. The van der Waals surface area contributed by atoms with Gasteiger partial charge in [-0.15, -0.1) is 0 Å². The van der Waals surface area contributed by atoms with E-state index in [0.717, 1.165) is 19.6 Å². The van der Waals surface area contributed by atoms with Crippen LogP contribution in [0.25, 0.3) is 0 Å². The first-order chi connectivity index (χ1) is 8.65. The molecule has 1 amide bonds. The van der Waals surface area contributed by atoms with E-state index in [-0.39, 0.29) is 11.9 Å². The Kier molecular flexibility index (Phi) is 4.15. The van der Waals surface area contributed by atoms with E-state index in [1.165, 1.54) is 12.8 Å². The van der Waals surface area contributed by atoms with Crippen LogP contribution >= 0.6 is 0 Å². The Morgan fingerprint density at radius 3 is 2.94 bits per heavy atom. The summed E-state index contributed by atoms with van der Waals surface area (Å²) >= 11 is 0. The van der Waals surface area contributed by atoms with Gasteiger partial charge in [0, 0.05) is 24.5 Å². The first-order valence-electron chi connectivity index (χ1n) is 6.40. The van der Waals surface area contributed by atoms with Gasteiger partial charge in [0.15, 0.2) is 0 Å². The Labute approximate surface area is 107 Å². The van der Waals surface area contributed by atoms with Crippen LogP contribution in [0.15, 0.2) is 18.3 Å². The van der Waals surface area contributed by atoms with Gasteiger partial charge in [-0.1, -0.05) is 0 Å². The first kappa shape index (κ1) is 12.8. The maximum absolute atomic E-state index is 11.9. The summed E-state index contributed by atoms with van der Waals surface area (Å²) in [6.07, 6.45) is 4.07. The molecule has 2 heterocycles. The molecule has 98 valence electrons. The molecule has 1 aromatic heterocycles. The minimum atomic E-state index is -0.158. The van der Waals surface area contributed by atoms with Crippen molar-refractivity contribution >= 4 is 11.6 Å². The van der Waals surface area contributed by atoms with Crippen LogP contribution in [-0.2, 0) is 0 Å². The van der Waals surface area contributed by atoms with E-state index in [4.69, 9.17) is 5.73 Å². The molecule has 1 aromatic rings. The largest absolute Gasteiger partial charge is 0.399 e. The van der Waals surface area contributed by atoms with E-state index in [2.05, 4.69) is 15.2 Å². The van der Waals surface area contributed by atoms with Crippen LogP contribution in [0.3, 0.4) is 0 Å². The van der Waals surface area contributed by atoms with Gasteiger partial charge in [-0.05, 0) is 45.0 Å². The van der Waals surface area contributed by atoms with Crippen LogP contribution in [0.4, 0.5) is 5.69 Å². The minimum absolute atomic E-state index is 0.124. The third-order valence-electron chi connectivity index (χ3n) is 3.12. The molecular weight excluding hydrogens is 228 g/mol. The number of carbonyl (C=O) groups is 1. The lowest BCUT2D eigenvalue weighted by Crippen LogP contribution is -2.41. The van der Waals surface area contributed by atoms with Crippen molar-refractivity contribution in [2.24, 2.45) is 0 Å². The maximum atomic E-state index is 11.9. The zero-order chi connectivity index (χ0) is 13.0. The average molecular weight is 248 g/mol. The number of nitrogens with two attached hydrogens (primary N) is 1. The molecule has 0 spiro atoms. The van der Waals surface area contributed by atoms with E-state index in [0.29, 0.717) is 11.4 Å². The zero-order valence-electron chi connectivity index (χ0n) is 10.7. The summed E-state index contributed by atoms with van der Waals surface area (Å²) in [6, 6.07) is 3.39. The molecule has 2 rings (SSSR count). The number of aromatic nitrogens is 1. The van der Waals surface area contributed by atoms with Crippen molar-refractivity contribution in [2.45, 2.75) is 25.8 Å². The molecule has 3 N–H and O–H groups in total. The number of likely N-dealkylation sites (tertiary alicyclic amines) is 1. The van der Waals surface area contributed by atoms with Crippen LogP contribution in [0, 0.1) is 0 Å². The predicted octanol–water partition coefficient (Wildman–Crippen LogP) is 0.878. The second-order valence-electron chi connectivity index (χ2n) is 4.86. The molecule has 1 atom stereocenters. The zero-order valence-corrected chi connectivity index (χ0v) is 10.7. The number of hydrogen-bond acceptors (Lipinski definition) is 4. The van der Waals surface area contributed by atoms with Gasteiger partial charge in [0.05, 0.1) is 0 Å². The van der Waals surface area contributed by atoms with Crippen molar-refractivity contribution < 1.29 is 4.79 Å². The molecule has 5 heteroatoms. The number of pyridine rings is 1. The molecule has 0 radical (unpaired) electrons. The van der Waals surface area contributed by atoms with Crippen molar-refractivity contribution in [1.82, 2.24) is 15.2 Å². The smallest absolute Gasteiger partial charge is 0.270 e. The molecule has 0 aromatic carbocycles. The van der Waals surface area contributed by atoms with Crippen LogP contribution in [0.2, 0.25) is 0 Å². The van der Waals surface area contributed by atoms with Gasteiger partial charge in [-0.3, -0.25) is 9.78 Å². The Hall–Kier alpha value is -1.62. The fourth-order valence-corrected chi connectivity index (χ4v) is 2.27. The third-order valence-corrected chi connectivity index (χ3v) is 3.12. The average Bonchev–Trinajstić information content (AvgIpc) is 2.81. The summed E-state index contributed by atoms with van der Waals surface area (Å²) in [4.78, 5) is 18.3. The number of nitrogens with zero attached hydrogens (tertiary/aromatic N) is 2. The lowest BCUT2D eigenvalue weighted by Gasteiger charge is -2.21. The molecule has 18 heavy (non-hydrogen) atoms. The van der Waals surface area contributed by atoms with Crippen molar-refractivity contribution in [3.05, 3.63) is 24.0 Å². The number of nitrogens with one attached hydrogen (secondary N) is 1. The Morgan fingerprint density at radius 2 is 2.28 bits per heavy atom. The van der Waals surface area contributed by atoms with Crippen molar-refractivity contribution in [1.29, 1.82) is 0 Å². The number of hydrogen-bond donors (Lipinski definition) is 2. The molecule has 1 unspecified atom stereocenters. The number of rotatable bonds is 4. The Bertz CT molecular complexity index is 415. The second kappa shape index (κ2) is 5.82. The molecule has 1 fully saturated rings. The highest BCUT2D eigenvalue weighted by Gasteiger charge is 2.17. The normalized spacial score (nSPS) is 17.6. The minimum Gasteiger partial charge on any atom is -0.399 e. The molecule has 1 aliphatic rings. The molecule has 5 nitrogen and oxygen atoms in total. The molecule has 1 aliphatic heterocycles. The van der Waals surface area contributed by atoms with Crippen LogP contribution < -0.4 is 11.1 Å². The van der Waals surface area contributed by atoms with E-state index < -0.39 is 0 Å². The highest BCUT2D eigenvalue weighted by Crippen LogP contribution is 2.08. The second-order valence-corrected chi connectivity index (χ2v) is 4.86. The van der Waals surface area contributed by atoms with Gasteiger partial charge in [0.25, 0.3) is 5.91 Å². The van der Waals surface area contributed by atoms with E-state index in [1.54, 1.807) is 18.3 Å². The van der Waals surface area contributed by atoms with Crippen LogP contribution in [0.5, 0.6) is 0 Å². The number of amides is 1. The predicted molar refractivity (Wildman–Crippen MR) is 71.3 cm³/mol. The van der Waals surface area contributed by atoms with Crippen LogP contribution in [0.1, 0.15) is 30.3 Å².